The number of nitriles is 1. The molecule has 3 rings (SSSR count). The van der Waals surface area contributed by atoms with Crippen LogP contribution in [0, 0.1) is 21.4 Å². The van der Waals surface area contributed by atoms with Crippen LogP contribution in [0.4, 0.5) is 10.8 Å². The zero-order valence-corrected chi connectivity index (χ0v) is 20.6. The summed E-state index contributed by atoms with van der Waals surface area (Å²) in [5, 5.41) is 30.1. The molecule has 186 valence electrons. The average Bonchev–Trinajstić information content (AvgIpc) is 3.35. The fraction of sp³-hybridized carbons (Fsp3) is 0.182. The minimum absolute atomic E-state index is 0.0653. The monoisotopic (exact) mass is 529 g/mol. The Labute approximate surface area is 209 Å². The first kappa shape index (κ1) is 26.3. The van der Waals surface area contributed by atoms with Crippen molar-refractivity contribution in [2.24, 2.45) is 0 Å². The van der Waals surface area contributed by atoms with Gasteiger partial charge in [0.05, 0.1) is 23.3 Å². The normalized spacial score (nSPS) is 11.4. The number of hydrogen-bond donors (Lipinski definition) is 1. The predicted octanol–water partition coefficient (Wildman–Crippen LogP) is 3.37. The number of aromatic nitrogens is 2. The van der Waals surface area contributed by atoms with Crippen molar-refractivity contribution in [3.05, 3.63) is 69.3 Å². The van der Waals surface area contributed by atoms with Gasteiger partial charge in [-0.2, -0.15) is 5.26 Å². The number of hydrogen-bond acceptors (Lipinski definition) is 11. The van der Waals surface area contributed by atoms with Gasteiger partial charge >= 0.3 is 0 Å². The Hall–Kier alpha value is -4.35. The van der Waals surface area contributed by atoms with Gasteiger partial charge in [-0.1, -0.05) is 36.5 Å². The summed E-state index contributed by atoms with van der Waals surface area (Å²) in [6.07, 6.45) is 1.30. The zero-order valence-electron chi connectivity index (χ0n) is 19.0. The molecule has 36 heavy (non-hydrogen) atoms. The van der Waals surface area contributed by atoms with Gasteiger partial charge in [-0.15, -0.1) is 10.2 Å². The molecule has 3 aromatic rings. The average molecular weight is 530 g/mol. The van der Waals surface area contributed by atoms with Gasteiger partial charge in [-0.3, -0.25) is 20.2 Å². The second kappa shape index (κ2) is 11.4. The number of para-hydroxylation sites is 1. The number of carbonyl (C=O) groups excluding carboxylic acids is 1. The molecule has 14 heteroatoms. The number of anilines is 1. The highest BCUT2D eigenvalue weighted by atomic mass is 32.2. The molecule has 0 bridgehead atoms. The fourth-order valence-electron chi connectivity index (χ4n) is 2.85. The van der Waals surface area contributed by atoms with Crippen molar-refractivity contribution in [1.82, 2.24) is 10.2 Å². The van der Waals surface area contributed by atoms with Crippen molar-refractivity contribution in [1.29, 1.82) is 5.26 Å². The summed E-state index contributed by atoms with van der Waals surface area (Å²) in [5.74, 6) is -0.388. The van der Waals surface area contributed by atoms with Crippen LogP contribution in [0.1, 0.15) is 18.1 Å². The number of amides is 1. The molecule has 1 heterocycles. The largest absolute Gasteiger partial charge is 0.493 e. The first-order chi connectivity index (χ1) is 17.2. The lowest BCUT2D eigenvalue weighted by Crippen LogP contribution is -2.13. The summed E-state index contributed by atoms with van der Waals surface area (Å²) in [6, 6.07) is 12.6. The standard InChI is InChI=1S/C22H19N5O7S2/c1-3-36(31,32)22-26-25-21(35-22)24-20(28)16(12-23)10-14-8-9-18(19(11-14)33-2)34-13-15-6-4-5-7-17(15)27(29)30/h4-11H,3,13H2,1-2H3,(H,24,25,28)/b16-10-. The van der Waals surface area contributed by atoms with E-state index in [-0.39, 0.29) is 38.8 Å². The van der Waals surface area contributed by atoms with E-state index in [4.69, 9.17) is 9.47 Å². The highest BCUT2D eigenvalue weighted by molar-refractivity contribution is 7.93. The maximum atomic E-state index is 12.5. The summed E-state index contributed by atoms with van der Waals surface area (Å²) in [6.45, 7) is 1.38. The van der Waals surface area contributed by atoms with Crippen LogP contribution in [-0.2, 0) is 21.2 Å². The lowest BCUT2D eigenvalue weighted by atomic mass is 10.1. The van der Waals surface area contributed by atoms with Crippen molar-refractivity contribution in [2.75, 3.05) is 18.2 Å². The maximum absolute atomic E-state index is 12.5. The van der Waals surface area contributed by atoms with Crippen LogP contribution in [0.15, 0.2) is 52.4 Å². The molecule has 0 unspecified atom stereocenters. The van der Waals surface area contributed by atoms with Crippen molar-refractivity contribution in [2.45, 2.75) is 17.9 Å². The van der Waals surface area contributed by atoms with E-state index in [2.05, 4.69) is 15.5 Å². The topological polar surface area (TPSA) is 174 Å². The van der Waals surface area contributed by atoms with E-state index < -0.39 is 20.7 Å². The van der Waals surface area contributed by atoms with Crippen LogP contribution in [0.25, 0.3) is 6.08 Å². The summed E-state index contributed by atoms with van der Waals surface area (Å²) in [7, 11) is -2.17. The van der Waals surface area contributed by atoms with E-state index in [9.17, 15) is 28.6 Å². The summed E-state index contributed by atoms with van der Waals surface area (Å²) < 4.78 is 34.5. The van der Waals surface area contributed by atoms with E-state index >= 15 is 0 Å². The number of sulfone groups is 1. The van der Waals surface area contributed by atoms with Crippen LogP contribution in [0.2, 0.25) is 0 Å². The van der Waals surface area contributed by atoms with Gasteiger partial charge in [-0.25, -0.2) is 8.42 Å². The third-order valence-electron chi connectivity index (χ3n) is 4.71. The molecule has 0 saturated carbocycles. The molecule has 0 aliphatic heterocycles. The Morgan fingerprint density at radius 1 is 1.25 bits per heavy atom. The SMILES string of the molecule is CCS(=O)(=O)c1nnc(NC(=O)/C(C#N)=C\c2ccc(OCc3ccccc3[N+](=O)[O-])c(OC)c2)s1. The van der Waals surface area contributed by atoms with Crippen molar-refractivity contribution in [3.63, 3.8) is 0 Å². The summed E-state index contributed by atoms with van der Waals surface area (Å²) in [4.78, 5) is 23.2. The minimum Gasteiger partial charge on any atom is -0.493 e. The summed E-state index contributed by atoms with van der Waals surface area (Å²) in [5.41, 5.74) is 0.461. The van der Waals surface area contributed by atoms with Crippen LogP contribution in [0.3, 0.4) is 0 Å². The number of methoxy groups -OCH3 is 1. The molecule has 0 aliphatic carbocycles. The van der Waals surface area contributed by atoms with Gasteiger partial charge < -0.3 is 9.47 Å². The van der Waals surface area contributed by atoms with E-state index in [0.717, 1.165) is 0 Å². The first-order valence-electron chi connectivity index (χ1n) is 10.2. The number of ether oxygens (including phenoxy) is 2. The van der Waals surface area contributed by atoms with E-state index in [0.29, 0.717) is 28.2 Å². The Morgan fingerprint density at radius 3 is 2.67 bits per heavy atom. The molecule has 0 fully saturated rings. The number of nitro groups is 1. The third-order valence-corrected chi connectivity index (χ3v) is 7.73. The zero-order chi connectivity index (χ0) is 26.3. The van der Waals surface area contributed by atoms with E-state index in [1.807, 2.05) is 0 Å². The second-order valence-electron chi connectivity index (χ2n) is 6.99. The number of nitrogens with zero attached hydrogens (tertiary/aromatic N) is 4. The second-order valence-corrected chi connectivity index (χ2v) is 10.4. The molecule has 2 aromatic carbocycles. The number of rotatable bonds is 10. The molecule has 1 amide bonds. The predicted molar refractivity (Wildman–Crippen MR) is 130 cm³/mol. The molecule has 0 spiro atoms. The Bertz CT molecular complexity index is 1480. The highest BCUT2D eigenvalue weighted by Crippen LogP contribution is 2.31. The molecule has 0 radical (unpaired) electrons. The summed E-state index contributed by atoms with van der Waals surface area (Å²) >= 11 is 0.684. The number of carbonyl (C=O) groups is 1. The quantitative estimate of drug-likeness (QED) is 0.135. The van der Waals surface area contributed by atoms with Gasteiger partial charge in [0.1, 0.15) is 18.2 Å². The lowest BCUT2D eigenvalue weighted by Gasteiger charge is -2.12. The van der Waals surface area contributed by atoms with Crippen LogP contribution in [0.5, 0.6) is 11.5 Å². The van der Waals surface area contributed by atoms with Crippen LogP contribution >= 0.6 is 11.3 Å². The van der Waals surface area contributed by atoms with Gasteiger partial charge in [-0.05, 0) is 29.8 Å². The third kappa shape index (κ3) is 6.20. The van der Waals surface area contributed by atoms with Crippen molar-refractivity contribution in [3.8, 4) is 17.6 Å². The number of nitro benzene ring substituents is 1. The molecule has 0 atom stereocenters. The smallest absolute Gasteiger partial charge is 0.276 e. The molecule has 12 nitrogen and oxygen atoms in total. The number of nitrogens with one attached hydrogen (secondary N) is 1. The Morgan fingerprint density at radius 2 is 2.00 bits per heavy atom. The Balaban J connectivity index is 1.77. The minimum atomic E-state index is -3.57. The molecular formula is C22H19N5O7S2. The molecular weight excluding hydrogens is 510 g/mol. The van der Waals surface area contributed by atoms with Crippen molar-refractivity contribution < 1.29 is 27.6 Å². The van der Waals surface area contributed by atoms with Crippen LogP contribution in [-0.4, -0.2) is 42.3 Å². The van der Waals surface area contributed by atoms with Gasteiger partial charge in [0.15, 0.2) is 11.5 Å². The number of benzene rings is 2. The fourth-order valence-corrected chi connectivity index (χ4v) is 4.83. The Kier molecular flexibility index (Phi) is 8.30. The molecule has 1 N–H and O–H groups in total. The first-order valence-corrected chi connectivity index (χ1v) is 12.7. The molecule has 0 aliphatic rings. The highest BCUT2D eigenvalue weighted by Gasteiger charge is 2.20. The van der Waals surface area contributed by atoms with E-state index in [1.54, 1.807) is 36.4 Å². The van der Waals surface area contributed by atoms with Crippen molar-refractivity contribution >= 4 is 44.0 Å². The molecule has 1 aromatic heterocycles. The van der Waals surface area contributed by atoms with Gasteiger partial charge in [0.25, 0.3) is 11.6 Å². The van der Waals surface area contributed by atoms with E-state index in [1.165, 1.54) is 32.2 Å². The lowest BCUT2D eigenvalue weighted by molar-refractivity contribution is -0.385. The maximum Gasteiger partial charge on any atom is 0.276 e. The van der Waals surface area contributed by atoms with Gasteiger partial charge in [0, 0.05) is 6.07 Å². The van der Waals surface area contributed by atoms with Gasteiger partial charge in [0.2, 0.25) is 19.3 Å². The van der Waals surface area contributed by atoms with Crippen LogP contribution < -0.4 is 14.8 Å². The molecule has 0 saturated heterocycles.